The molecule has 3 rings (SSSR count). The third kappa shape index (κ3) is 5.21. The van der Waals surface area contributed by atoms with E-state index < -0.39 is 6.09 Å². The smallest absolute Gasteiger partial charge is 0.411 e. The number of hydrogen-bond donors (Lipinski definition) is 1. The van der Waals surface area contributed by atoms with Crippen molar-refractivity contribution < 1.29 is 13.9 Å². The lowest BCUT2D eigenvalue weighted by atomic mass is 10.0. The highest BCUT2D eigenvalue weighted by Gasteiger charge is 2.20. The summed E-state index contributed by atoms with van der Waals surface area (Å²) < 4.78 is 12.5. The van der Waals surface area contributed by atoms with E-state index in [1.54, 1.807) is 6.92 Å². The first-order chi connectivity index (χ1) is 14.0. The molecule has 0 saturated heterocycles. The van der Waals surface area contributed by atoms with Gasteiger partial charge >= 0.3 is 6.09 Å². The maximum atomic E-state index is 11.6. The monoisotopic (exact) mass is 503 g/mol. The van der Waals surface area contributed by atoms with Crippen LogP contribution in [0.15, 0.2) is 52.9 Å². The molecule has 0 atom stereocenters. The van der Waals surface area contributed by atoms with Gasteiger partial charge in [0.1, 0.15) is 11.5 Å². The number of anilines is 1. The number of aryl methyl sites for hydroxylation is 1. The van der Waals surface area contributed by atoms with Gasteiger partial charge in [-0.3, -0.25) is 5.32 Å². The van der Waals surface area contributed by atoms with Gasteiger partial charge in [0.2, 0.25) is 0 Å². The van der Waals surface area contributed by atoms with E-state index in [1.807, 2.05) is 24.3 Å². The standard InChI is InChI=1S/C24H26INO3/c1-4-6-7-20-21(25)23(18-10-8-16(3)9-11-18)29-22(20)17-12-14-19(15-13-17)26-24(27)28-5-2/h8-15H,4-7H2,1-3H3,(H,26,27). The molecule has 0 unspecified atom stereocenters. The van der Waals surface area contributed by atoms with Crippen molar-refractivity contribution in [2.24, 2.45) is 0 Å². The molecule has 0 radical (unpaired) electrons. The van der Waals surface area contributed by atoms with E-state index >= 15 is 0 Å². The molecule has 1 heterocycles. The third-order valence-electron chi connectivity index (χ3n) is 4.71. The minimum absolute atomic E-state index is 0.345. The number of ether oxygens (including phenoxy) is 1. The SMILES string of the molecule is CCCCc1c(-c2ccc(NC(=O)OCC)cc2)oc(-c2ccc(C)cc2)c1I. The highest BCUT2D eigenvalue weighted by Crippen LogP contribution is 2.39. The van der Waals surface area contributed by atoms with Gasteiger partial charge in [-0.15, -0.1) is 0 Å². The van der Waals surface area contributed by atoms with Gasteiger partial charge in [-0.05, 0) is 73.5 Å². The molecule has 152 valence electrons. The summed E-state index contributed by atoms with van der Waals surface area (Å²) in [7, 11) is 0. The number of unbranched alkanes of at least 4 members (excludes halogenated alkanes) is 1. The van der Waals surface area contributed by atoms with Gasteiger partial charge in [-0.2, -0.15) is 0 Å². The van der Waals surface area contributed by atoms with Gasteiger partial charge in [0.15, 0.2) is 0 Å². The summed E-state index contributed by atoms with van der Waals surface area (Å²) in [4.78, 5) is 11.6. The van der Waals surface area contributed by atoms with Crippen molar-refractivity contribution in [2.75, 3.05) is 11.9 Å². The Kier molecular flexibility index (Phi) is 7.36. The normalized spacial score (nSPS) is 10.8. The lowest BCUT2D eigenvalue weighted by molar-refractivity contribution is 0.168. The minimum atomic E-state index is -0.446. The second-order valence-electron chi connectivity index (χ2n) is 6.95. The number of nitrogens with one attached hydrogen (secondary N) is 1. The zero-order valence-corrected chi connectivity index (χ0v) is 19.2. The third-order valence-corrected chi connectivity index (χ3v) is 5.85. The topological polar surface area (TPSA) is 51.5 Å². The van der Waals surface area contributed by atoms with Gasteiger partial charge in [-0.25, -0.2) is 4.79 Å². The van der Waals surface area contributed by atoms with Crippen LogP contribution < -0.4 is 5.32 Å². The maximum absolute atomic E-state index is 11.6. The lowest BCUT2D eigenvalue weighted by Crippen LogP contribution is -2.13. The van der Waals surface area contributed by atoms with Crippen LogP contribution in [0.1, 0.15) is 37.8 Å². The molecular formula is C24H26INO3. The summed E-state index contributed by atoms with van der Waals surface area (Å²) >= 11 is 2.41. The quantitative estimate of drug-likeness (QED) is 0.341. The number of carbonyl (C=O) groups excluding carboxylic acids is 1. The number of halogens is 1. The van der Waals surface area contributed by atoms with Crippen LogP contribution in [0.3, 0.4) is 0 Å². The predicted octanol–water partition coefficient (Wildman–Crippen LogP) is 7.44. The number of amides is 1. The molecule has 0 spiro atoms. The Balaban J connectivity index is 1.95. The van der Waals surface area contributed by atoms with E-state index in [9.17, 15) is 4.79 Å². The van der Waals surface area contributed by atoms with Crippen molar-refractivity contribution in [1.82, 2.24) is 0 Å². The number of benzene rings is 2. The maximum Gasteiger partial charge on any atom is 0.411 e. The van der Waals surface area contributed by atoms with Gasteiger partial charge in [-0.1, -0.05) is 43.2 Å². The van der Waals surface area contributed by atoms with Crippen molar-refractivity contribution in [3.8, 4) is 22.6 Å². The first-order valence-corrected chi connectivity index (χ1v) is 11.0. The fraction of sp³-hybridized carbons (Fsp3) is 0.292. The number of rotatable bonds is 7. The summed E-state index contributed by atoms with van der Waals surface area (Å²) in [6, 6.07) is 16.1. The Morgan fingerprint density at radius 1 is 1.00 bits per heavy atom. The van der Waals surface area contributed by atoms with Crippen molar-refractivity contribution in [1.29, 1.82) is 0 Å². The second kappa shape index (κ2) is 9.96. The fourth-order valence-electron chi connectivity index (χ4n) is 3.14. The predicted molar refractivity (Wildman–Crippen MR) is 126 cm³/mol. The molecule has 5 heteroatoms. The molecule has 0 aliphatic carbocycles. The van der Waals surface area contributed by atoms with E-state index in [-0.39, 0.29) is 0 Å². The number of furan rings is 1. The molecule has 1 amide bonds. The van der Waals surface area contributed by atoms with Gasteiger partial charge in [0, 0.05) is 22.4 Å². The molecule has 1 N–H and O–H groups in total. The van der Waals surface area contributed by atoms with Crippen molar-refractivity contribution in [3.05, 3.63) is 63.2 Å². The largest absolute Gasteiger partial charge is 0.455 e. The van der Waals surface area contributed by atoms with Crippen LogP contribution in [0.5, 0.6) is 0 Å². The summed E-state index contributed by atoms with van der Waals surface area (Å²) in [6.45, 7) is 6.41. The molecule has 0 saturated carbocycles. The minimum Gasteiger partial charge on any atom is -0.455 e. The van der Waals surface area contributed by atoms with Crippen LogP contribution in [0, 0.1) is 10.5 Å². The molecule has 0 aliphatic rings. The Morgan fingerprint density at radius 3 is 2.24 bits per heavy atom. The number of hydrogen-bond acceptors (Lipinski definition) is 3. The highest BCUT2D eigenvalue weighted by molar-refractivity contribution is 14.1. The molecule has 29 heavy (non-hydrogen) atoms. The molecule has 0 aliphatic heterocycles. The van der Waals surface area contributed by atoms with Gasteiger partial charge in [0.25, 0.3) is 0 Å². The first kappa shape index (κ1) is 21.4. The molecule has 3 aromatic rings. The second-order valence-corrected chi connectivity index (χ2v) is 8.02. The van der Waals surface area contributed by atoms with E-state index in [0.717, 1.165) is 41.9 Å². The summed E-state index contributed by atoms with van der Waals surface area (Å²) in [5.41, 5.74) is 5.26. The van der Waals surface area contributed by atoms with Crippen molar-refractivity contribution in [3.63, 3.8) is 0 Å². The van der Waals surface area contributed by atoms with E-state index in [0.29, 0.717) is 12.3 Å². The molecule has 0 fully saturated rings. The fourth-order valence-corrected chi connectivity index (χ4v) is 4.07. The van der Waals surface area contributed by atoms with Crippen LogP contribution in [0.2, 0.25) is 0 Å². The van der Waals surface area contributed by atoms with E-state index in [2.05, 4.69) is 66.0 Å². The van der Waals surface area contributed by atoms with Gasteiger partial charge in [0.05, 0.1) is 10.2 Å². The Labute approximate surface area is 185 Å². The summed E-state index contributed by atoms with van der Waals surface area (Å²) in [5.74, 6) is 1.82. The number of carbonyl (C=O) groups is 1. The average molecular weight is 503 g/mol. The molecule has 1 aromatic heterocycles. The van der Waals surface area contributed by atoms with Crippen LogP contribution in [-0.2, 0) is 11.2 Å². The van der Waals surface area contributed by atoms with Crippen molar-refractivity contribution >= 4 is 34.4 Å². The Bertz CT molecular complexity index is 959. The van der Waals surface area contributed by atoms with Crippen LogP contribution in [0.4, 0.5) is 10.5 Å². The van der Waals surface area contributed by atoms with E-state index in [1.165, 1.54) is 14.7 Å². The zero-order chi connectivity index (χ0) is 20.8. The Hall–Kier alpha value is -2.28. The lowest BCUT2D eigenvalue weighted by Gasteiger charge is -2.07. The molecular weight excluding hydrogens is 477 g/mol. The van der Waals surface area contributed by atoms with E-state index in [4.69, 9.17) is 9.15 Å². The summed E-state index contributed by atoms with van der Waals surface area (Å²) in [6.07, 6.45) is 2.77. The molecule has 4 nitrogen and oxygen atoms in total. The first-order valence-electron chi connectivity index (χ1n) is 9.95. The zero-order valence-electron chi connectivity index (χ0n) is 17.0. The molecule has 2 aromatic carbocycles. The van der Waals surface area contributed by atoms with Crippen LogP contribution in [0.25, 0.3) is 22.6 Å². The average Bonchev–Trinajstić information content (AvgIpc) is 3.04. The highest BCUT2D eigenvalue weighted by atomic mass is 127. The van der Waals surface area contributed by atoms with Crippen molar-refractivity contribution in [2.45, 2.75) is 40.0 Å². The van der Waals surface area contributed by atoms with Crippen LogP contribution in [-0.4, -0.2) is 12.7 Å². The summed E-state index contributed by atoms with van der Waals surface area (Å²) in [5, 5.41) is 2.72. The Morgan fingerprint density at radius 2 is 1.62 bits per heavy atom. The molecule has 0 bridgehead atoms. The van der Waals surface area contributed by atoms with Gasteiger partial charge < -0.3 is 9.15 Å². The van der Waals surface area contributed by atoms with Crippen LogP contribution >= 0.6 is 22.6 Å².